The molecule has 0 atom stereocenters. The van der Waals surface area contributed by atoms with Crippen LogP contribution in [0.5, 0.6) is 5.75 Å². The molecular weight excluding hydrogens is 264 g/mol. The molecule has 0 saturated carbocycles. The smallest absolute Gasteiger partial charge is 0.250 e. The van der Waals surface area contributed by atoms with Crippen LogP contribution in [0.25, 0.3) is 0 Å². The normalized spacial score (nSPS) is 9.81. The third-order valence-electron chi connectivity index (χ3n) is 3.04. The molecule has 0 aliphatic carbocycles. The lowest BCUT2D eigenvalue weighted by Crippen LogP contribution is -2.23. The molecule has 0 spiro atoms. The van der Waals surface area contributed by atoms with E-state index in [1.165, 1.54) is 0 Å². The van der Waals surface area contributed by atoms with E-state index in [-0.39, 0.29) is 5.56 Å². The van der Waals surface area contributed by atoms with Crippen molar-refractivity contribution >= 4 is 0 Å². The Bertz CT molecular complexity index is 706. The largest absolute Gasteiger partial charge is 0.492 e. The van der Waals surface area contributed by atoms with Crippen molar-refractivity contribution in [3.05, 3.63) is 64.1 Å². The first kappa shape index (κ1) is 14.9. The second-order valence-electron chi connectivity index (χ2n) is 4.54. The van der Waals surface area contributed by atoms with E-state index in [0.717, 1.165) is 17.0 Å². The third-order valence-corrected chi connectivity index (χ3v) is 3.04. The molecule has 4 nitrogen and oxygen atoms in total. The number of rotatable bonds is 4. The monoisotopic (exact) mass is 282 g/mol. The predicted molar refractivity (Wildman–Crippen MR) is 83.3 cm³/mol. The first-order valence-electron chi connectivity index (χ1n) is 6.79. The lowest BCUT2D eigenvalue weighted by atomic mass is 10.2. The number of benzene rings is 1. The minimum Gasteiger partial charge on any atom is -0.492 e. The van der Waals surface area contributed by atoms with Gasteiger partial charge in [0.15, 0.2) is 0 Å². The fourth-order valence-electron chi connectivity index (χ4n) is 1.95. The van der Waals surface area contributed by atoms with Crippen molar-refractivity contribution in [2.24, 2.45) is 5.73 Å². The van der Waals surface area contributed by atoms with Gasteiger partial charge in [0.1, 0.15) is 12.4 Å². The van der Waals surface area contributed by atoms with Gasteiger partial charge in [-0.25, -0.2) is 0 Å². The molecule has 2 aromatic rings. The van der Waals surface area contributed by atoms with Crippen LogP contribution in [-0.2, 0) is 6.54 Å². The van der Waals surface area contributed by atoms with Crippen LogP contribution in [-0.4, -0.2) is 17.7 Å². The van der Waals surface area contributed by atoms with Gasteiger partial charge in [-0.05, 0) is 37.3 Å². The predicted octanol–water partition coefficient (Wildman–Crippen LogP) is 1.55. The van der Waals surface area contributed by atoms with E-state index in [0.29, 0.717) is 19.7 Å². The summed E-state index contributed by atoms with van der Waals surface area (Å²) in [5, 5.41) is 0. The Morgan fingerprint density at radius 3 is 2.62 bits per heavy atom. The Morgan fingerprint density at radius 2 is 1.95 bits per heavy atom. The minimum absolute atomic E-state index is 0.00833. The van der Waals surface area contributed by atoms with Crippen LogP contribution in [0.4, 0.5) is 0 Å². The van der Waals surface area contributed by atoms with Crippen molar-refractivity contribution < 1.29 is 4.74 Å². The second-order valence-corrected chi connectivity index (χ2v) is 4.54. The van der Waals surface area contributed by atoms with E-state index in [4.69, 9.17) is 10.5 Å². The molecule has 1 aromatic carbocycles. The highest BCUT2D eigenvalue weighted by atomic mass is 16.5. The van der Waals surface area contributed by atoms with Gasteiger partial charge < -0.3 is 15.0 Å². The van der Waals surface area contributed by atoms with Crippen molar-refractivity contribution in [3.8, 4) is 17.6 Å². The molecule has 0 fully saturated rings. The maximum atomic E-state index is 11.7. The molecule has 0 unspecified atom stereocenters. The highest BCUT2D eigenvalue weighted by Crippen LogP contribution is 2.11. The number of aromatic nitrogens is 1. The molecule has 21 heavy (non-hydrogen) atoms. The first-order valence-corrected chi connectivity index (χ1v) is 6.79. The van der Waals surface area contributed by atoms with Gasteiger partial charge in [0.2, 0.25) is 0 Å². The summed E-state index contributed by atoms with van der Waals surface area (Å²) in [6.45, 7) is 3.23. The minimum atomic E-state index is -0.00833. The van der Waals surface area contributed by atoms with E-state index in [1.54, 1.807) is 16.7 Å². The van der Waals surface area contributed by atoms with E-state index >= 15 is 0 Å². The fourth-order valence-corrected chi connectivity index (χ4v) is 1.95. The number of ether oxygens (including phenoxy) is 1. The van der Waals surface area contributed by atoms with Crippen LogP contribution in [0, 0.1) is 18.8 Å². The SMILES string of the molecule is Cc1cccc(=O)n1CCOc1ccc(C#CCN)cc1. The van der Waals surface area contributed by atoms with E-state index in [1.807, 2.05) is 37.3 Å². The van der Waals surface area contributed by atoms with Gasteiger partial charge >= 0.3 is 0 Å². The molecule has 1 aromatic heterocycles. The Labute approximate surface area is 124 Å². The van der Waals surface area contributed by atoms with Gasteiger partial charge in [-0.15, -0.1) is 0 Å². The molecule has 2 N–H and O–H groups in total. The molecule has 0 saturated heterocycles. The second kappa shape index (κ2) is 7.32. The van der Waals surface area contributed by atoms with Crippen LogP contribution >= 0.6 is 0 Å². The molecular formula is C17H18N2O2. The summed E-state index contributed by atoms with van der Waals surface area (Å²) in [5.41, 5.74) is 7.15. The summed E-state index contributed by atoms with van der Waals surface area (Å²) in [6.07, 6.45) is 0. The highest BCUT2D eigenvalue weighted by molar-refractivity contribution is 5.38. The quantitative estimate of drug-likeness (QED) is 0.866. The van der Waals surface area contributed by atoms with E-state index in [9.17, 15) is 4.79 Å². The molecule has 4 heteroatoms. The number of aryl methyl sites for hydroxylation is 1. The molecule has 0 aliphatic heterocycles. The van der Waals surface area contributed by atoms with Crippen LogP contribution in [0.15, 0.2) is 47.3 Å². The highest BCUT2D eigenvalue weighted by Gasteiger charge is 2.00. The van der Waals surface area contributed by atoms with E-state index in [2.05, 4.69) is 11.8 Å². The fraction of sp³-hybridized carbons (Fsp3) is 0.235. The maximum Gasteiger partial charge on any atom is 0.250 e. The number of nitrogens with zero attached hydrogens (tertiary/aromatic N) is 1. The number of pyridine rings is 1. The summed E-state index contributed by atoms with van der Waals surface area (Å²) in [5.74, 6) is 6.51. The number of hydrogen-bond donors (Lipinski definition) is 1. The molecule has 0 amide bonds. The molecule has 0 aliphatic rings. The Morgan fingerprint density at radius 1 is 1.19 bits per heavy atom. The molecule has 108 valence electrons. The summed E-state index contributed by atoms with van der Waals surface area (Å²) in [7, 11) is 0. The average Bonchev–Trinajstić information content (AvgIpc) is 2.49. The van der Waals surface area contributed by atoms with Crippen molar-refractivity contribution in [3.63, 3.8) is 0 Å². The lowest BCUT2D eigenvalue weighted by Gasteiger charge is -2.10. The van der Waals surface area contributed by atoms with Gasteiger partial charge in [-0.1, -0.05) is 17.9 Å². The van der Waals surface area contributed by atoms with Crippen molar-refractivity contribution in [1.29, 1.82) is 0 Å². The van der Waals surface area contributed by atoms with Crippen molar-refractivity contribution in [2.45, 2.75) is 13.5 Å². The lowest BCUT2D eigenvalue weighted by molar-refractivity contribution is 0.295. The van der Waals surface area contributed by atoms with E-state index < -0.39 is 0 Å². The molecule has 0 bridgehead atoms. The molecule has 1 heterocycles. The standard InChI is InChI=1S/C17H18N2O2/c1-14-4-2-6-17(20)19(14)12-13-21-16-9-7-15(8-10-16)5-3-11-18/h2,4,6-10H,11-13,18H2,1H3. The summed E-state index contributed by atoms with van der Waals surface area (Å²) >= 11 is 0. The van der Waals surface area contributed by atoms with Crippen LogP contribution in [0.2, 0.25) is 0 Å². The molecule has 0 radical (unpaired) electrons. The summed E-state index contributed by atoms with van der Waals surface area (Å²) < 4.78 is 7.34. The van der Waals surface area contributed by atoms with Crippen molar-refractivity contribution in [1.82, 2.24) is 4.57 Å². The van der Waals surface area contributed by atoms with Crippen molar-refractivity contribution in [2.75, 3.05) is 13.2 Å². The van der Waals surface area contributed by atoms with Crippen LogP contribution < -0.4 is 16.0 Å². The topological polar surface area (TPSA) is 57.2 Å². The summed E-state index contributed by atoms with van der Waals surface area (Å²) in [6, 6.07) is 12.7. The number of nitrogens with two attached hydrogens (primary N) is 1. The molecule has 2 rings (SSSR count). The van der Waals surface area contributed by atoms with Gasteiger partial charge in [-0.3, -0.25) is 4.79 Å². The van der Waals surface area contributed by atoms with Gasteiger partial charge in [0.05, 0.1) is 13.1 Å². The zero-order valence-corrected chi connectivity index (χ0v) is 12.0. The number of hydrogen-bond acceptors (Lipinski definition) is 3. The third kappa shape index (κ3) is 4.23. The first-order chi connectivity index (χ1) is 10.2. The van der Waals surface area contributed by atoms with Gasteiger partial charge in [0.25, 0.3) is 5.56 Å². The Hall–Kier alpha value is -2.51. The van der Waals surface area contributed by atoms with Crippen LogP contribution in [0.1, 0.15) is 11.3 Å². The maximum absolute atomic E-state index is 11.7. The van der Waals surface area contributed by atoms with Crippen LogP contribution in [0.3, 0.4) is 0 Å². The Kier molecular flexibility index (Phi) is 5.19. The zero-order valence-electron chi connectivity index (χ0n) is 12.0. The van der Waals surface area contributed by atoms with Gasteiger partial charge in [-0.2, -0.15) is 0 Å². The Balaban J connectivity index is 1.93. The summed E-state index contributed by atoms with van der Waals surface area (Å²) in [4.78, 5) is 11.7. The average molecular weight is 282 g/mol. The zero-order chi connectivity index (χ0) is 15.1. The van der Waals surface area contributed by atoms with Gasteiger partial charge in [0, 0.05) is 17.3 Å².